The van der Waals surface area contributed by atoms with E-state index in [1.54, 1.807) is 42.5 Å². The van der Waals surface area contributed by atoms with Crippen molar-refractivity contribution in [2.75, 3.05) is 14.2 Å². The molecule has 1 aromatic heterocycles. The molecule has 6 rings (SSSR count). The first kappa shape index (κ1) is 24.6. The number of benzene rings is 2. The molecule has 0 spiro atoms. The minimum Gasteiger partial charge on any atom is -0.508 e. The Morgan fingerprint density at radius 2 is 1.71 bits per heavy atom. The molecule has 196 valence electrons. The molecule has 0 bridgehead atoms. The van der Waals surface area contributed by atoms with Crippen molar-refractivity contribution in [2.24, 2.45) is 0 Å². The number of phenolic OH excluding ortho intramolecular Hbond substituents is 1. The van der Waals surface area contributed by atoms with Gasteiger partial charge in [-0.15, -0.1) is 23.2 Å². The molecule has 2 aromatic carbocycles. The van der Waals surface area contributed by atoms with Gasteiger partial charge in [0.15, 0.2) is 9.75 Å². The van der Waals surface area contributed by atoms with Crippen molar-refractivity contribution >= 4 is 35.0 Å². The van der Waals surface area contributed by atoms with Crippen LogP contribution in [-0.4, -0.2) is 59.7 Å². The first-order valence-electron chi connectivity index (χ1n) is 11.8. The van der Waals surface area contributed by atoms with Gasteiger partial charge in [0.05, 0.1) is 25.4 Å². The van der Waals surface area contributed by atoms with Gasteiger partial charge in [0.1, 0.15) is 11.5 Å². The number of amides is 2. The van der Waals surface area contributed by atoms with E-state index >= 15 is 0 Å². The number of phenols is 1. The Balaban J connectivity index is 1.64. The second-order valence-corrected chi connectivity index (χ2v) is 10.9. The number of methoxy groups -OCH3 is 1. The normalized spacial score (nSPS) is 28.0. The summed E-state index contributed by atoms with van der Waals surface area (Å²) < 4.78 is 8.94. The summed E-state index contributed by atoms with van der Waals surface area (Å²) in [4.78, 5) is 51.0. The van der Waals surface area contributed by atoms with Gasteiger partial charge in [-0.3, -0.25) is 14.5 Å². The molecule has 1 N–H and O–H groups in total. The number of allylic oxidation sites excluding steroid dienone is 2. The number of nitrogens with zero attached hydrogens (tertiary/aromatic N) is 4. The fraction of sp³-hybridized carbons (Fsp3) is 0.308. The Kier molecular flexibility index (Phi) is 5.25. The Labute approximate surface area is 225 Å². The van der Waals surface area contributed by atoms with Crippen LogP contribution >= 0.6 is 23.2 Å². The average Bonchev–Trinajstić information content (AvgIpc) is 3.24. The zero-order valence-corrected chi connectivity index (χ0v) is 21.8. The van der Waals surface area contributed by atoms with Crippen LogP contribution in [0.2, 0.25) is 0 Å². The Morgan fingerprint density at radius 1 is 1.00 bits per heavy atom. The van der Waals surface area contributed by atoms with Crippen LogP contribution in [0.25, 0.3) is 5.69 Å². The van der Waals surface area contributed by atoms with E-state index in [1.165, 1.54) is 35.7 Å². The lowest BCUT2D eigenvalue weighted by molar-refractivity contribution is -0.137. The molecule has 3 aliphatic rings. The summed E-state index contributed by atoms with van der Waals surface area (Å²) in [5.41, 5.74) is -0.102. The van der Waals surface area contributed by atoms with Crippen molar-refractivity contribution < 1.29 is 19.4 Å². The highest BCUT2D eigenvalue weighted by Crippen LogP contribution is 2.64. The topological polar surface area (TPSA) is 116 Å². The van der Waals surface area contributed by atoms with Crippen molar-refractivity contribution in [3.8, 4) is 17.2 Å². The Morgan fingerprint density at radius 3 is 2.39 bits per heavy atom. The van der Waals surface area contributed by atoms with Crippen LogP contribution in [0, 0.1) is 0 Å². The maximum atomic E-state index is 13.8. The smallest absolute Gasteiger partial charge is 0.352 e. The first-order valence-corrected chi connectivity index (χ1v) is 12.6. The van der Waals surface area contributed by atoms with Gasteiger partial charge in [-0.25, -0.2) is 23.5 Å². The highest BCUT2D eigenvalue weighted by atomic mass is 35.5. The molecule has 3 aromatic rings. The van der Waals surface area contributed by atoms with Gasteiger partial charge >= 0.3 is 11.4 Å². The van der Waals surface area contributed by atoms with Crippen LogP contribution < -0.4 is 16.1 Å². The van der Waals surface area contributed by atoms with Gasteiger partial charge < -0.3 is 9.84 Å². The van der Waals surface area contributed by atoms with Crippen LogP contribution in [0.3, 0.4) is 0 Å². The number of aromatic hydroxyl groups is 1. The lowest BCUT2D eigenvalue weighted by atomic mass is 9.64. The molecule has 1 saturated carbocycles. The highest BCUT2D eigenvalue weighted by Gasteiger charge is 2.75. The number of imide groups is 1. The standard InChI is InChI=1S/C26H22Cl2N4O6/c1-29-21(34)25(27)13-18-16(20(26(25,28)22(29)35)17-12-15(38-2)8-9-19(17)33)10-11-30-23(36)31(24(37)32(18)30)14-6-4-3-5-7-14/h3-10,12,18,20,33H,11,13H2,1-2H3/t18-,20-,25-,26+/m1/s1. The van der Waals surface area contributed by atoms with Crippen molar-refractivity contribution in [3.05, 3.63) is 86.7 Å². The minimum absolute atomic E-state index is 0.00119. The number of hydrogen-bond donors (Lipinski definition) is 1. The quantitative estimate of drug-likeness (QED) is 0.300. The van der Waals surface area contributed by atoms with Crippen LogP contribution in [-0.2, 0) is 16.1 Å². The van der Waals surface area contributed by atoms with Crippen LogP contribution in [0.4, 0.5) is 0 Å². The summed E-state index contributed by atoms with van der Waals surface area (Å²) in [6.07, 6.45) is 1.49. The lowest BCUT2D eigenvalue weighted by Gasteiger charge is -2.49. The van der Waals surface area contributed by atoms with E-state index in [9.17, 15) is 24.3 Å². The number of carbonyl (C=O) groups is 2. The fourth-order valence-corrected chi connectivity index (χ4v) is 7.03. The molecule has 3 heterocycles. The van der Waals surface area contributed by atoms with Crippen molar-refractivity contribution in [1.82, 2.24) is 18.8 Å². The summed E-state index contributed by atoms with van der Waals surface area (Å²) in [5.74, 6) is -2.37. The van der Waals surface area contributed by atoms with Gasteiger partial charge in [0, 0.05) is 24.9 Å². The van der Waals surface area contributed by atoms with Crippen molar-refractivity contribution in [1.29, 1.82) is 0 Å². The molecular weight excluding hydrogens is 535 g/mol. The Hall–Kier alpha value is -3.76. The first-order chi connectivity index (χ1) is 18.1. The summed E-state index contributed by atoms with van der Waals surface area (Å²) in [5, 5.41) is 10.9. The number of hydrogen-bond acceptors (Lipinski definition) is 6. The van der Waals surface area contributed by atoms with Gasteiger partial charge in [-0.2, -0.15) is 0 Å². The molecule has 0 radical (unpaired) electrons. The Bertz CT molecular complexity index is 1670. The van der Waals surface area contributed by atoms with E-state index < -0.39 is 44.9 Å². The monoisotopic (exact) mass is 556 g/mol. The number of para-hydroxylation sites is 1. The SMILES string of the molecule is COc1ccc(O)c([C@H]2C3=CCn4c(=O)n(-c5ccccc5)c(=O)n4[C@@H]3C[C@@]3(Cl)C(=O)N(C)C(=O)[C@@]23Cl)c1. The number of ether oxygens (including phenoxy) is 1. The number of fused-ring (bicyclic) bond motifs is 4. The fourth-order valence-electron chi connectivity index (χ4n) is 6.04. The minimum atomic E-state index is -2.01. The van der Waals surface area contributed by atoms with E-state index in [0.29, 0.717) is 17.0 Å². The lowest BCUT2D eigenvalue weighted by Crippen LogP contribution is -2.59. The zero-order chi connectivity index (χ0) is 27.1. The highest BCUT2D eigenvalue weighted by molar-refractivity contribution is 6.53. The van der Waals surface area contributed by atoms with Crippen LogP contribution in [0.15, 0.2) is 69.8 Å². The van der Waals surface area contributed by atoms with Crippen LogP contribution in [0.5, 0.6) is 11.5 Å². The van der Waals surface area contributed by atoms with Crippen molar-refractivity contribution in [2.45, 2.75) is 34.7 Å². The van der Waals surface area contributed by atoms with Gasteiger partial charge in [-0.1, -0.05) is 24.3 Å². The van der Waals surface area contributed by atoms with Gasteiger partial charge in [0.2, 0.25) is 0 Å². The molecule has 0 unspecified atom stereocenters. The largest absolute Gasteiger partial charge is 0.508 e. The van der Waals surface area contributed by atoms with E-state index in [1.807, 2.05) is 0 Å². The van der Waals surface area contributed by atoms with E-state index in [0.717, 1.165) is 9.47 Å². The van der Waals surface area contributed by atoms with Crippen LogP contribution in [0.1, 0.15) is 23.9 Å². The van der Waals surface area contributed by atoms with E-state index in [2.05, 4.69) is 0 Å². The summed E-state index contributed by atoms with van der Waals surface area (Å²) in [6, 6.07) is 12.0. The number of halogens is 2. The molecule has 38 heavy (non-hydrogen) atoms. The third-order valence-corrected chi connectivity index (χ3v) is 9.25. The summed E-state index contributed by atoms with van der Waals surface area (Å²) >= 11 is 14.2. The maximum Gasteiger partial charge on any atom is 0.352 e. The van der Waals surface area contributed by atoms with E-state index in [-0.39, 0.29) is 24.3 Å². The zero-order valence-electron chi connectivity index (χ0n) is 20.3. The predicted octanol–water partition coefficient (Wildman–Crippen LogP) is 2.14. The molecule has 10 nitrogen and oxygen atoms in total. The molecule has 12 heteroatoms. The molecule has 1 saturated heterocycles. The number of aromatic nitrogens is 3. The molecule has 2 aliphatic heterocycles. The summed E-state index contributed by atoms with van der Waals surface area (Å²) in [6.45, 7) is 0.00119. The molecule has 2 amide bonds. The number of alkyl halides is 2. The van der Waals surface area contributed by atoms with Gasteiger partial charge in [-0.05, 0) is 35.9 Å². The molecular formula is C26H22Cl2N4O6. The molecule has 2 fully saturated rings. The molecule has 4 atom stereocenters. The third-order valence-electron chi connectivity index (χ3n) is 7.84. The number of likely N-dealkylation sites (tertiary alicyclic amines) is 1. The number of rotatable bonds is 3. The second kappa shape index (κ2) is 8.12. The summed E-state index contributed by atoms with van der Waals surface area (Å²) in [7, 11) is 2.75. The van der Waals surface area contributed by atoms with E-state index in [4.69, 9.17) is 27.9 Å². The third kappa shape index (κ3) is 2.90. The van der Waals surface area contributed by atoms with Gasteiger partial charge in [0.25, 0.3) is 11.8 Å². The maximum absolute atomic E-state index is 13.8. The second-order valence-electron chi connectivity index (χ2n) is 9.63. The number of carbonyl (C=O) groups excluding carboxylic acids is 2. The molecule has 1 aliphatic carbocycles. The van der Waals surface area contributed by atoms with Crippen molar-refractivity contribution in [3.63, 3.8) is 0 Å². The predicted molar refractivity (Wildman–Crippen MR) is 138 cm³/mol. The average molecular weight is 557 g/mol.